The molecule has 0 heterocycles. The molecule has 0 aromatic heterocycles. The number of phenols is 2. The quantitative estimate of drug-likeness (QED) is 0.182. The van der Waals surface area contributed by atoms with E-state index >= 15 is 0 Å². The van der Waals surface area contributed by atoms with E-state index in [4.69, 9.17) is 46.4 Å². The number of hydrogen-bond acceptors (Lipinski definition) is 4. The van der Waals surface area contributed by atoms with Crippen molar-refractivity contribution in [2.45, 2.75) is 4.75 Å². The van der Waals surface area contributed by atoms with E-state index in [0.29, 0.717) is 0 Å². The van der Waals surface area contributed by atoms with Crippen LogP contribution in [0.15, 0.2) is 54.6 Å². The van der Waals surface area contributed by atoms with Crippen molar-refractivity contribution in [2.75, 3.05) is 0 Å². The molecule has 0 bridgehead atoms. The summed E-state index contributed by atoms with van der Waals surface area (Å²) in [6.07, 6.45) is 0. The minimum atomic E-state index is -5.07. The van der Waals surface area contributed by atoms with Crippen LogP contribution in [0.1, 0.15) is 16.7 Å². The first-order valence-corrected chi connectivity index (χ1v) is 10.9. The van der Waals surface area contributed by atoms with Crippen molar-refractivity contribution in [2.24, 2.45) is 0 Å². The van der Waals surface area contributed by atoms with E-state index in [2.05, 4.69) is 0 Å². The third kappa shape index (κ3) is 3.54. The fourth-order valence-corrected chi connectivity index (χ4v) is 5.65. The van der Waals surface area contributed by atoms with Crippen LogP contribution >= 0.6 is 46.4 Å². The number of phenolic OH excluding ortho intramolecular Hbond substituents is 2. The van der Waals surface area contributed by atoms with Gasteiger partial charge in [0.1, 0.15) is 0 Å². The first-order valence-electron chi connectivity index (χ1n) is 7.90. The smallest absolute Gasteiger partial charge is 0.283 e. The van der Waals surface area contributed by atoms with Crippen molar-refractivity contribution in [3.63, 3.8) is 0 Å². The van der Waals surface area contributed by atoms with Crippen molar-refractivity contribution in [1.82, 2.24) is 0 Å². The zero-order valence-electron chi connectivity index (χ0n) is 14.3. The Bertz CT molecular complexity index is 1180. The second-order valence-corrected chi connectivity index (χ2v) is 9.23. The molecule has 1 atom stereocenters. The molecule has 0 aliphatic carbocycles. The van der Waals surface area contributed by atoms with E-state index in [9.17, 15) is 23.2 Å². The van der Waals surface area contributed by atoms with Gasteiger partial charge < -0.3 is 10.2 Å². The van der Waals surface area contributed by atoms with Gasteiger partial charge in [-0.1, -0.05) is 76.7 Å². The normalized spacial score (nSPS) is 13.8. The Labute approximate surface area is 186 Å². The van der Waals surface area contributed by atoms with Crippen LogP contribution in [0.3, 0.4) is 0 Å². The van der Waals surface area contributed by atoms with Crippen LogP contribution in [-0.4, -0.2) is 23.2 Å². The largest absolute Gasteiger partial charge is 0.504 e. The molecule has 10 heteroatoms. The maximum atomic E-state index is 13.0. The average molecular weight is 494 g/mol. The molecule has 152 valence electrons. The van der Waals surface area contributed by atoms with Gasteiger partial charge in [-0.2, -0.15) is 8.42 Å². The highest BCUT2D eigenvalue weighted by Crippen LogP contribution is 2.52. The number of benzene rings is 3. The summed E-state index contributed by atoms with van der Waals surface area (Å²) in [7, 11) is -5.07. The third-order valence-corrected chi connectivity index (χ3v) is 7.27. The van der Waals surface area contributed by atoms with E-state index in [0.717, 1.165) is 12.1 Å². The molecular weight excluding hydrogens is 482 g/mol. The predicted molar refractivity (Wildman–Crippen MR) is 114 cm³/mol. The molecule has 3 N–H and O–H groups in total. The lowest BCUT2D eigenvalue weighted by Crippen LogP contribution is -2.39. The Morgan fingerprint density at radius 1 is 0.759 bits per heavy atom. The molecule has 3 aromatic rings. The fourth-order valence-electron chi connectivity index (χ4n) is 3.19. The topological polar surface area (TPSA) is 94.8 Å². The zero-order chi connectivity index (χ0) is 21.6. The van der Waals surface area contributed by atoms with Crippen LogP contribution in [0, 0.1) is 0 Å². The van der Waals surface area contributed by atoms with Crippen LogP contribution in [0.5, 0.6) is 11.5 Å². The minimum Gasteiger partial charge on any atom is -0.504 e. The summed E-state index contributed by atoms with van der Waals surface area (Å²) in [6.45, 7) is 0. The van der Waals surface area contributed by atoms with E-state index in [1.165, 1.54) is 24.3 Å². The summed E-state index contributed by atoms with van der Waals surface area (Å²) in [5.41, 5.74) is -0.393. The van der Waals surface area contributed by atoms with Gasteiger partial charge in [0.2, 0.25) is 0 Å². The molecule has 0 aliphatic rings. The first kappa shape index (κ1) is 22.0. The second-order valence-electron chi connectivity index (χ2n) is 6.07. The standard InChI is InChI=1S/C19H12Cl4O5S/c20-12-6-7-13(21)17(23)16(12)19(29(26,27)28,10-4-2-1-3-5-10)11-8-14(22)18(25)15(24)9-11/h1-9,24-25H,(H,26,27,28). The first-order chi connectivity index (χ1) is 13.5. The minimum absolute atomic E-state index is 0.0101. The summed E-state index contributed by atoms with van der Waals surface area (Å²) >= 11 is 24.8. The Morgan fingerprint density at radius 3 is 1.90 bits per heavy atom. The van der Waals surface area contributed by atoms with Gasteiger partial charge in [-0.05, 0) is 35.4 Å². The summed E-state index contributed by atoms with van der Waals surface area (Å²) in [6, 6.07) is 12.3. The summed E-state index contributed by atoms with van der Waals surface area (Å²) in [5, 5.41) is 19.2. The fraction of sp³-hybridized carbons (Fsp3) is 0.0526. The maximum absolute atomic E-state index is 13.0. The van der Waals surface area contributed by atoms with Gasteiger partial charge in [0.25, 0.3) is 10.1 Å². The van der Waals surface area contributed by atoms with Crippen molar-refractivity contribution < 1.29 is 23.2 Å². The van der Waals surface area contributed by atoms with E-state index in [1.807, 2.05) is 0 Å². The van der Waals surface area contributed by atoms with E-state index < -0.39 is 26.4 Å². The molecule has 0 radical (unpaired) electrons. The second kappa shape index (κ2) is 7.87. The number of aromatic hydroxyl groups is 2. The zero-order valence-corrected chi connectivity index (χ0v) is 18.1. The van der Waals surface area contributed by atoms with Crippen LogP contribution < -0.4 is 0 Å². The van der Waals surface area contributed by atoms with E-state index in [1.54, 1.807) is 18.2 Å². The molecule has 0 spiro atoms. The predicted octanol–water partition coefficient (Wildman–Crippen LogP) is 5.89. The third-order valence-electron chi connectivity index (χ3n) is 4.41. The van der Waals surface area contributed by atoms with Gasteiger partial charge >= 0.3 is 0 Å². The van der Waals surface area contributed by atoms with Gasteiger partial charge in [0, 0.05) is 10.6 Å². The number of rotatable bonds is 4. The molecule has 1 unspecified atom stereocenters. The molecule has 0 saturated carbocycles. The van der Waals surface area contributed by atoms with Crippen LogP contribution in [-0.2, 0) is 14.9 Å². The molecule has 3 aromatic carbocycles. The Kier molecular flexibility index (Phi) is 5.98. The molecule has 0 saturated heterocycles. The lowest BCUT2D eigenvalue weighted by atomic mass is 9.83. The lowest BCUT2D eigenvalue weighted by molar-refractivity contribution is 0.402. The van der Waals surface area contributed by atoms with Crippen molar-refractivity contribution >= 4 is 56.5 Å². The SMILES string of the molecule is O=S(=O)(O)C(c1ccccc1)(c1cc(O)c(O)c(Cl)c1)c1c(Cl)ccc(Cl)c1Cl. The molecule has 0 fully saturated rings. The monoisotopic (exact) mass is 492 g/mol. The molecular formula is C19H12Cl4O5S. The lowest BCUT2D eigenvalue weighted by Gasteiger charge is -2.34. The summed E-state index contributed by atoms with van der Waals surface area (Å²) < 4.78 is 34.1. The molecule has 0 amide bonds. The number of halogens is 4. The van der Waals surface area contributed by atoms with Crippen molar-refractivity contribution in [3.8, 4) is 11.5 Å². The van der Waals surface area contributed by atoms with Gasteiger partial charge in [0.05, 0.1) is 15.1 Å². The highest BCUT2D eigenvalue weighted by Gasteiger charge is 2.51. The van der Waals surface area contributed by atoms with Gasteiger partial charge in [-0.3, -0.25) is 4.55 Å². The highest BCUT2D eigenvalue weighted by molar-refractivity contribution is 7.87. The Hall–Kier alpha value is -1.67. The molecule has 5 nitrogen and oxygen atoms in total. The van der Waals surface area contributed by atoms with Gasteiger partial charge in [0.15, 0.2) is 16.2 Å². The van der Waals surface area contributed by atoms with Crippen molar-refractivity contribution in [1.29, 1.82) is 0 Å². The Morgan fingerprint density at radius 2 is 1.34 bits per heavy atom. The van der Waals surface area contributed by atoms with Gasteiger partial charge in [-0.15, -0.1) is 0 Å². The molecule has 3 rings (SSSR count). The van der Waals surface area contributed by atoms with E-state index in [-0.39, 0.29) is 36.8 Å². The van der Waals surface area contributed by atoms with Crippen LogP contribution in [0.4, 0.5) is 0 Å². The summed E-state index contributed by atoms with van der Waals surface area (Å²) in [4.78, 5) is 0. The van der Waals surface area contributed by atoms with Crippen molar-refractivity contribution in [3.05, 3.63) is 91.4 Å². The highest BCUT2D eigenvalue weighted by atomic mass is 35.5. The van der Waals surface area contributed by atoms with Crippen LogP contribution in [0.2, 0.25) is 20.1 Å². The molecule has 29 heavy (non-hydrogen) atoms. The van der Waals surface area contributed by atoms with Gasteiger partial charge in [-0.25, -0.2) is 0 Å². The van der Waals surface area contributed by atoms with Crippen LogP contribution in [0.25, 0.3) is 0 Å². The summed E-state index contributed by atoms with van der Waals surface area (Å²) in [5.74, 6) is -1.36. The maximum Gasteiger partial charge on any atom is 0.283 e. The molecule has 0 aliphatic heterocycles. The Balaban J connectivity index is 2.64. The number of hydrogen-bond donors (Lipinski definition) is 3. The average Bonchev–Trinajstić information content (AvgIpc) is 2.65.